The Morgan fingerprint density at radius 3 is 2.79 bits per heavy atom. The van der Waals surface area contributed by atoms with E-state index in [1.807, 2.05) is 42.5 Å². The number of rotatable bonds is 3. The van der Waals surface area contributed by atoms with Gasteiger partial charge in [0, 0.05) is 41.2 Å². The van der Waals surface area contributed by atoms with Gasteiger partial charge in [0.2, 0.25) is 5.91 Å². The number of nitrogens with zero attached hydrogens (tertiary/aromatic N) is 1. The van der Waals surface area contributed by atoms with Crippen molar-refractivity contribution < 1.29 is 19.1 Å². The lowest BCUT2D eigenvalue weighted by Crippen LogP contribution is -2.41. The highest BCUT2D eigenvalue weighted by molar-refractivity contribution is 6.36. The van der Waals surface area contributed by atoms with Gasteiger partial charge < -0.3 is 20.1 Å². The van der Waals surface area contributed by atoms with Crippen LogP contribution in [0.2, 0.25) is 0 Å². The first-order chi connectivity index (χ1) is 14.2. The van der Waals surface area contributed by atoms with Crippen molar-refractivity contribution in [2.24, 2.45) is 0 Å². The van der Waals surface area contributed by atoms with Crippen molar-refractivity contribution in [2.45, 2.75) is 6.61 Å². The summed E-state index contributed by atoms with van der Waals surface area (Å²) in [5.74, 6) is 0.388. The Morgan fingerprint density at radius 1 is 1.10 bits per heavy atom. The number of para-hydroxylation sites is 1. The van der Waals surface area contributed by atoms with Gasteiger partial charge in [-0.2, -0.15) is 0 Å². The third-order valence-electron chi connectivity index (χ3n) is 5.38. The van der Waals surface area contributed by atoms with Crippen molar-refractivity contribution >= 4 is 34.5 Å². The number of ether oxygens (including phenoxy) is 2. The van der Waals surface area contributed by atoms with E-state index < -0.39 is 0 Å². The third-order valence-corrected chi connectivity index (χ3v) is 5.38. The molecule has 2 aromatic rings. The maximum absolute atomic E-state index is 12.5. The summed E-state index contributed by atoms with van der Waals surface area (Å²) in [7, 11) is 0. The normalized spacial score (nSPS) is 20.6. The van der Waals surface area contributed by atoms with Crippen LogP contribution in [-0.4, -0.2) is 49.6 Å². The Morgan fingerprint density at radius 2 is 1.93 bits per heavy atom. The standard InChI is InChI=1S/C22H21N3O4/c26-19(12-25-7-9-28-10-8-25)23-15-5-6-16-14(11-15)13-29-21(16)20-17-3-1-2-4-18(17)24-22(20)27/h1-6,11H,7-10,12-13H2,(H,23,26)(H,24,27)/b21-20+. The molecular formula is C22H21N3O4. The topological polar surface area (TPSA) is 79.9 Å². The van der Waals surface area contributed by atoms with Gasteiger partial charge >= 0.3 is 0 Å². The van der Waals surface area contributed by atoms with Gasteiger partial charge in [-0.05, 0) is 24.3 Å². The number of hydrogen-bond acceptors (Lipinski definition) is 5. The summed E-state index contributed by atoms with van der Waals surface area (Å²) in [6, 6.07) is 13.3. The molecule has 0 atom stereocenters. The van der Waals surface area contributed by atoms with E-state index in [-0.39, 0.29) is 11.8 Å². The van der Waals surface area contributed by atoms with Crippen LogP contribution in [0.25, 0.3) is 11.3 Å². The average Bonchev–Trinajstić information content (AvgIpc) is 3.27. The summed E-state index contributed by atoms with van der Waals surface area (Å²) < 4.78 is 11.2. The molecular weight excluding hydrogens is 370 g/mol. The predicted molar refractivity (Wildman–Crippen MR) is 109 cm³/mol. The highest BCUT2D eigenvalue weighted by Crippen LogP contribution is 2.41. The lowest BCUT2D eigenvalue weighted by molar-refractivity contribution is -0.118. The van der Waals surface area contributed by atoms with Crippen LogP contribution in [0.3, 0.4) is 0 Å². The maximum atomic E-state index is 12.5. The molecule has 3 aliphatic rings. The van der Waals surface area contributed by atoms with E-state index in [9.17, 15) is 9.59 Å². The molecule has 2 aromatic carbocycles. The van der Waals surface area contributed by atoms with E-state index >= 15 is 0 Å². The molecule has 3 heterocycles. The Balaban J connectivity index is 1.37. The number of fused-ring (bicyclic) bond motifs is 2. The Kier molecular flexibility index (Phi) is 4.54. The summed E-state index contributed by atoms with van der Waals surface area (Å²) in [6.45, 7) is 3.59. The third kappa shape index (κ3) is 3.39. The second-order valence-electron chi connectivity index (χ2n) is 7.30. The van der Waals surface area contributed by atoms with Crippen molar-refractivity contribution in [1.82, 2.24) is 4.90 Å². The van der Waals surface area contributed by atoms with Crippen LogP contribution in [0.5, 0.6) is 0 Å². The number of morpholine rings is 1. The maximum Gasteiger partial charge on any atom is 0.260 e. The van der Waals surface area contributed by atoms with Gasteiger partial charge in [-0.15, -0.1) is 0 Å². The van der Waals surface area contributed by atoms with Gasteiger partial charge in [0.1, 0.15) is 12.4 Å². The van der Waals surface area contributed by atoms with Crippen LogP contribution in [0, 0.1) is 0 Å². The minimum Gasteiger partial charge on any atom is -0.487 e. The molecule has 0 spiro atoms. The van der Waals surface area contributed by atoms with Crippen LogP contribution in [0.4, 0.5) is 11.4 Å². The number of carbonyl (C=O) groups is 2. The van der Waals surface area contributed by atoms with Crippen molar-refractivity contribution in [3.05, 3.63) is 59.2 Å². The zero-order valence-corrected chi connectivity index (χ0v) is 15.9. The lowest BCUT2D eigenvalue weighted by atomic mass is 10.0. The van der Waals surface area contributed by atoms with Crippen LogP contribution in [-0.2, 0) is 25.7 Å². The summed E-state index contributed by atoms with van der Waals surface area (Å²) in [4.78, 5) is 26.9. The molecule has 0 aromatic heterocycles. The zero-order chi connectivity index (χ0) is 19.8. The number of carbonyl (C=O) groups excluding carboxylic acids is 2. The molecule has 1 fully saturated rings. The summed E-state index contributed by atoms with van der Waals surface area (Å²) in [5.41, 5.74) is 4.77. The minimum atomic E-state index is -0.156. The summed E-state index contributed by atoms with van der Waals surface area (Å²) in [6.07, 6.45) is 0. The molecule has 0 unspecified atom stereocenters. The Bertz CT molecular complexity index is 1020. The molecule has 0 radical (unpaired) electrons. The highest BCUT2D eigenvalue weighted by atomic mass is 16.5. The average molecular weight is 391 g/mol. The molecule has 148 valence electrons. The molecule has 0 bridgehead atoms. The van der Waals surface area contributed by atoms with E-state index in [0.29, 0.717) is 37.7 Å². The first kappa shape index (κ1) is 17.9. The quantitative estimate of drug-likeness (QED) is 0.785. The van der Waals surface area contributed by atoms with Gasteiger partial charge in [0.15, 0.2) is 0 Å². The van der Waals surface area contributed by atoms with Crippen LogP contribution in [0.1, 0.15) is 16.7 Å². The Labute approximate surface area is 168 Å². The number of amides is 2. The van der Waals surface area contributed by atoms with Gasteiger partial charge in [-0.25, -0.2) is 0 Å². The second-order valence-corrected chi connectivity index (χ2v) is 7.30. The van der Waals surface area contributed by atoms with E-state index in [1.54, 1.807) is 0 Å². The fourth-order valence-corrected chi connectivity index (χ4v) is 3.95. The fourth-order valence-electron chi connectivity index (χ4n) is 3.95. The number of nitrogens with one attached hydrogen (secondary N) is 2. The van der Waals surface area contributed by atoms with E-state index in [0.717, 1.165) is 41.2 Å². The summed E-state index contributed by atoms with van der Waals surface area (Å²) in [5, 5.41) is 5.84. The molecule has 3 aliphatic heterocycles. The van der Waals surface area contributed by atoms with Crippen molar-refractivity contribution in [3.8, 4) is 0 Å². The van der Waals surface area contributed by atoms with E-state index in [2.05, 4.69) is 15.5 Å². The van der Waals surface area contributed by atoms with Crippen molar-refractivity contribution in [3.63, 3.8) is 0 Å². The monoisotopic (exact) mass is 391 g/mol. The minimum absolute atomic E-state index is 0.0477. The molecule has 29 heavy (non-hydrogen) atoms. The summed E-state index contributed by atoms with van der Waals surface area (Å²) >= 11 is 0. The van der Waals surface area contributed by atoms with Crippen LogP contribution in [0.15, 0.2) is 42.5 Å². The van der Waals surface area contributed by atoms with E-state index in [1.165, 1.54) is 0 Å². The lowest BCUT2D eigenvalue weighted by Gasteiger charge is -2.25. The molecule has 0 saturated carbocycles. The van der Waals surface area contributed by atoms with Crippen molar-refractivity contribution in [1.29, 1.82) is 0 Å². The molecule has 5 rings (SSSR count). The fraction of sp³-hybridized carbons (Fsp3) is 0.273. The molecule has 1 saturated heterocycles. The second kappa shape index (κ2) is 7.35. The number of anilines is 2. The number of hydrogen-bond donors (Lipinski definition) is 2. The Hall–Kier alpha value is -3.16. The van der Waals surface area contributed by atoms with Gasteiger partial charge in [0.05, 0.1) is 25.3 Å². The first-order valence-corrected chi connectivity index (χ1v) is 9.70. The van der Waals surface area contributed by atoms with Gasteiger partial charge in [-0.3, -0.25) is 14.5 Å². The molecule has 0 aliphatic carbocycles. The molecule has 2 N–H and O–H groups in total. The van der Waals surface area contributed by atoms with Crippen molar-refractivity contribution in [2.75, 3.05) is 43.5 Å². The number of benzene rings is 2. The van der Waals surface area contributed by atoms with Crippen LogP contribution >= 0.6 is 0 Å². The molecule has 7 nitrogen and oxygen atoms in total. The zero-order valence-electron chi connectivity index (χ0n) is 15.9. The highest BCUT2D eigenvalue weighted by Gasteiger charge is 2.32. The largest absolute Gasteiger partial charge is 0.487 e. The predicted octanol–water partition coefficient (Wildman–Crippen LogP) is 2.31. The molecule has 7 heteroatoms. The van der Waals surface area contributed by atoms with E-state index in [4.69, 9.17) is 9.47 Å². The first-order valence-electron chi connectivity index (χ1n) is 9.70. The van der Waals surface area contributed by atoms with Crippen LogP contribution < -0.4 is 10.6 Å². The smallest absolute Gasteiger partial charge is 0.260 e. The SMILES string of the molecule is O=C(CN1CCOCC1)Nc1ccc2c(c1)CO/C2=C1/C(=O)Nc2ccccc21. The molecule has 2 amide bonds. The van der Waals surface area contributed by atoms with Gasteiger partial charge in [0.25, 0.3) is 5.91 Å². The van der Waals surface area contributed by atoms with Gasteiger partial charge in [-0.1, -0.05) is 18.2 Å².